The lowest BCUT2D eigenvalue weighted by Gasteiger charge is -2.18. The maximum atomic E-state index is 12.2. The summed E-state index contributed by atoms with van der Waals surface area (Å²) in [5.41, 5.74) is 11.7. The van der Waals surface area contributed by atoms with Gasteiger partial charge in [-0.05, 0) is 0 Å². The van der Waals surface area contributed by atoms with Gasteiger partial charge in [0.1, 0.15) is 12.7 Å². The molecule has 0 radical (unpaired) electrons. The van der Waals surface area contributed by atoms with Gasteiger partial charge in [-0.3, -0.25) is 19.1 Å². The van der Waals surface area contributed by atoms with Crippen molar-refractivity contribution in [2.45, 2.75) is 0 Å². The zero-order chi connectivity index (χ0) is 15.4. The van der Waals surface area contributed by atoms with E-state index in [4.69, 9.17) is 16.6 Å². The zero-order valence-electron chi connectivity index (χ0n) is 11.1. The van der Waals surface area contributed by atoms with E-state index in [9.17, 15) is 9.59 Å². The Balaban J connectivity index is 2.21. The molecule has 0 unspecified atom stereocenters. The largest absolute Gasteiger partial charge is 0.480 e. The van der Waals surface area contributed by atoms with Crippen LogP contribution in [0.15, 0.2) is 12.7 Å². The standard InChI is InChI=1S/C11H15N7O3/c12-1-2-17(4-8(20)21)3-7(19)18-6-16-9-10(13)14-5-15-11(9)18/h5-6H,1-4,12H2,(H,20,21)(H2,13,14,15). The summed E-state index contributed by atoms with van der Waals surface area (Å²) in [6.45, 7) is 0.160. The summed E-state index contributed by atoms with van der Waals surface area (Å²) in [5.74, 6) is -1.22. The van der Waals surface area contributed by atoms with Gasteiger partial charge in [0.25, 0.3) is 0 Å². The average Bonchev–Trinajstić information content (AvgIpc) is 2.83. The highest BCUT2D eigenvalue weighted by Gasteiger charge is 2.18. The number of nitrogens with zero attached hydrogens (tertiary/aromatic N) is 5. The number of nitrogen functional groups attached to an aromatic ring is 1. The number of hydrogen-bond donors (Lipinski definition) is 3. The van der Waals surface area contributed by atoms with Crippen LogP contribution >= 0.6 is 0 Å². The molecule has 0 atom stereocenters. The first-order valence-electron chi connectivity index (χ1n) is 6.14. The van der Waals surface area contributed by atoms with E-state index in [0.717, 1.165) is 0 Å². The summed E-state index contributed by atoms with van der Waals surface area (Å²) in [7, 11) is 0. The number of fused-ring (bicyclic) bond motifs is 1. The predicted octanol–water partition coefficient (Wildman–Crippen LogP) is -1.61. The van der Waals surface area contributed by atoms with Gasteiger partial charge in [0, 0.05) is 13.1 Å². The number of rotatable bonds is 6. The van der Waals surface area contributed by atoms with Crippen molar-refractivity contribution in [1.82, 2.24) is 24.4 Å². The Morgan fingerprint density at radius 3 is 2.71 bits per heavy atom. The second kappa shape index (κ2) is 6.24. The molecule has 0 aliphatic heterocycles. The zero-order valence-corrected chi connectivity index (χ0v) is 11.1. The van der Waals surface area contributed by atoms with E-state index in [1.807, 2.05) is 0 Å². The van der Waals surface area contributed by atoms with Crippen LogP contribution in [0.3, 0.4) is 0 Å². The molecule has 0 aromatic carbocycles. The number of aliphatic carboxylic acids is 1. The van der Waals surface area contributed by atoms with Crippen LogP contribution in [-0.4, -0.2) is 67.6 Å². The fraction of sp³-hybridized carbons (Fsp3) is 0.364. The van der Waals surface area contributed by atoms with Crippen LogP contribution in [0, 0.1) is 0 Å². The average molecular weight is 293 g/mol. The Bertz CT molecular complexity index is 669. The molecule has 10 heteroatoms. The molecule has 2 rings (SSSR count). The molecular formula is C11H15N7O3. The van der Waals surface area contributed by atoms with Crippen molar-refractivity contribution in [3.8, 4) is 0 Å². The lowest BCUT2D eigenvalue weighted by atomic mass is 10.4. The number of carbonyl (C=O) groups excluding carboxylic acids is 1. The van der Waals surface area contributed by atoms with Crippen LogP contribution in [0.1, 0.15) is 4.79 Å². The van der Waals surface area contributed by atoms with Gasteiger partial charge in [-0.2, -0.15) is 0 Å². The lowest BCUT2D eigenvalue weighted by Crippen LogP contribution is -2.39. The fourth-order valence-electron chi connectivity index (χ4n) is 1.89. The summed E-state index contributed by atoms with van der Waals surface area (Å²) in [6.07, 6.45) is 2.53. The summed E-state index contributed by atoms with van der Waals surface area (Å²) < 4.78 is 1.22. The van der Waals surface area contributed by atoms with Crippen molar-refractivity contribution < 1.29 is 14.7 Å². The number of carboxylic acids is 1. The van der Waals surface area contributed by atoms with Gasteiger partial charge in [0.05, 0.1) is 13.1 Å². The van der Waals surface area contributed by atoms with Gasteiger partial charge in [0.15, 0.2) is 17.0 Å². The summed E-state index contributed by atoms with van der Waals surface area (Å²) >= 11 is 0. The fourth-order valence-corrected chi connectivity index (χ4v) is 1.89. The number of nitrogens with two attached hydrogens (primary N) is 2. The molecule has 0 aliphatic rings. The first-order valence-corrected chi connectivity index (χ1v) is 6.14. The van der Waals surface area contributed by atoms with Gasteiger partial charge in [0.2, 0.25) is 5.91 Å². The van der Waals surface area contributed by atoms with Crippen LogP contribution in [0.2, 0.25) is 0 Å². The van der Waals surface area contributed by atoms with Crippen molar-refractivity contribution >= 4 is 28.9 Å². The Morgan fingerprint density at radius 1 is 1.29 bits per heavy atom. The predicted molar refractivity (Wildman–Crippen MR) is 73.5 cm³/mol. The molecule has 2 aromatic rings. The molecule has 0 saturated heterocycles. The number of imidazole rings is 1. The molecule has 5 N–H and O–H groups in total. The van der Waals surface area contributed by atoms with Crippen LogP contribution in [-0.2, 0) is 4.79 Å². The third kappa shape index (κ3) is 3.30. The highest BCUT2D eigenvalue weighted by atomic mass is 16.4. The monoisotopic (exact) mass is 293 g/mol. The third-order valence-electron chi connectivity index (χ3n) is 2.79. The van der Waals surface area contributed by atoms with Crippen LogP contribution in [0.25, 0.3) is 11.2 Å². The molecule has 0 bridgehead atoms. The molecular weight excluding hydrogens is 278 g/mol. The third-order valence-corrected chi connectivity index (χ3v) is 2.79. The molecule has 21 heavy (non-hydrogen) atoms. The van der Waals surface area contributed by atoms with E-state index in [1.165, 1.54) is 22.1 Å². The Labute approximate surface area is 119 Å². The SMILES string of the molecule is NCCN(CC(=O)O)CC(=O)n1cnc2c(N)ncnc21. The van der Waals surface area contributed by atoms with E-state index in [2.05, 4.69) is 15.0 Å². The quantitative estimate of drug-likeness (QED) is 0.570. The highest BCUT2D eigenvalue weighted by Crippen LogP contribution is 2.13. The molecule has 0 saturated carbocycles. The first kappa shape index (κ1) is 14.8. The van der Waals surface area contributed by atoms with Gasteiger partial charge in [-0.25, -0.2) is 15.0 Å². The minimum atomic E-state index is -1.03. The van der Waals surface area contributed by atoms with E-state index in [0.29, 0.717) is 12.1 Å². The van der Waals surface area contributed by atoms with E-state index >= 15 is 0 Å². The normalized spacial score (nSPS) is 11.1. The van der Waals surface area contributed by atoms with Crippen molar-refractivity contribution in [3.63, 3.8) is 0 Å². The minimum absolute atomic E-state index is 0.112. The number of anilines is 1. The second-order valence-corrected chi connectivity index (χ2v) is 4.33. The number of hydrogen-bond acceptors (Lipinski definition) is 8. The molecule has 112 valence electrons. The number of aromatic nitrogens is 4. The van der Waals surface area contributed by atoms with Crippen molar-refractivity contribution in [2.24, 2.45) is 5.73 Å². The lowest BCUT2D eigenvalue weighted by molar-refractivity contribution is -0.138. The number of carbonyl (C=O) groups is 2. The van der Waals surface area contributed by atoms with Crippen molar-refractivity contribution in [1.29, 1.82) is 0 Å². The summed E-state index contributed by atoms with van der Waals surface area (Å²) in [4.78, 5) is 36.2. The van der Waals surface area contributed by atoms with Crippen molar-refractivity contribution in [3.05, 3.63) is 12.7 Å². The molecule has 0 fully saturated rings. The second-order valence-electron chi connectivity index (χ2n) is 4.33. The van der Waals surface area contributed by atoms with Crippen LogP contribution in [0.4, 0.5) is 5.82 Å². The number of carboxylic acid groups (broad SMARTS) is 1. The van der Waals surface area contributed by atoms with E-state index in [-0.39, 0.29) is 37.0 Å². The molecule has 2 heterocycles. The van der Waals surface area contributed by atoms with Crippen LogP contribution < -0.4 is 11.5 Å². The van der Waals surface area contributed by atoms with E-state index < -0.39 is 5.97 Å². The van der Waals surface area contributed by atoms with Crippen LogP contribution in [0.5, 0.6) is 0 Å². The molecule has 0 amide bonds. The van der Waals surface area contributed by atoms with Gasteiger partial charge >= 0.3 is 5.97 Å². The maximum Gasteiger partial charge on any atom is 0.317 e. The molecule has 0 aliphatic carbocycles. The van der Waals surface area contributed by atoms with Gasteiger partial charge in [-0.1, -0.05) is 0 Å². The summed E-state index contributed by atoms with van der Waals surface area (Å²) in [6, 6.07) is 0. The molecule has 10 nitrogen and oxygen atoms in total. The topological polar surface area (TPSA) is 153 Å². The summed E-state index contributed by atoms with van der Waals surface area (Å²) in [5, 5.41) is 8.81. The van der Waals surface area contributed by atoms with Crippen molar-refractivity contribution in [2.75, 3.05) is 31.9 Å². The minimum Gasteiger partial charge on any atom is -0.480 e. The maximum absolute atomic E-state index is 12.2. The molecule has 2 aromatic heterocycles. The molecule has 0 spiro atoms. The first-order chi connectivity index (χ1) is 10.0. The smallest absolute Gasteiger partial charge is 0.317 e. The Morgan fingerprint density at radius 2 is 2.05 bits per heavy atom. The van der Waals surface area contributed by atoms with Gasteiger partial charge < -0.3 is 16.6 Å². The Hall–Kier alpha value is -2.59. The Kier molecular flexibility index (Phi) is 4.40. The van der Waals surface area contributed by atoms with E-state index in [1.54, 1.807) is 0 Å². The highest BCUT2D eigenvalue weighted by molar-refractivity contribution is 5.92. The van der Waals surface area contributed by atoms with Gasteiger partial charge in [-0.15, -0.1) is 0 Å².